The van der Waals surface area contributed by atoms with Gasteiger partial charge in [0, 0.05) is 0 Å². The molecule has 0 fully saturated rings. The standard InChI is InChI=1S/C14H32N2O4/c1-5-9(17)13(15,10(18)6-2)14(16,11(19)7-3)12(20)8-4/h9-12,17-20H,5-8,15-16H2,1-4H3. The molecule has 0 bridgehead atoms. The van der Waals surface area contributed by atoms with Crippen molar-refractivity contribution in [2.24, 2.45) is 11.5 Å². The van der Waals surface area contributed by atoms with Crippen LogP contribution in [-0.4, -0.2) is 55.9 Å². The van der Waals surface area contributed by atoms with Crippen LogP contribution in [0.15, 0.2) is 0 Å². The van der Waals surface area contributed by atoms with E-state index in [9.17, 15) is 20.4 Å². The zero-order chi connectivity index (χ0) is 16.1. The van der Waals surface area contributed by atoms with Gasteiger partial charge in [0.1, 0.15) is 0 Å². The fraction of sp³-hybridized carbons (Fsp3) is 1.00. The lowest BCUT2D eigenvalue weighted by Crippen LogP contribution is -2.83. The van der Waals surface area contributed by atoms with E-state index in [2.05, 4.69) is 0 Å². The number of rotatable bonds is 9. The van der Waals surface area contributed by atoms with Crippen LogP contribution in [0.4, 0.5) is 0 Å². The minimum absolute atomic E-state index is 0.263. The molecule has 0 aromatic carbocycles. The fourth-order valence-corrected chi connectivity index (χ4v) is 2.95. The lowest BCUT2D eigenvalue weighted by Gasteiger charge is -2.54. The Kier molecular flexibility index (Phi) is 7.59. The zero-order valence-electron chi connectivity index (χ0n) is 13.1. The van der Waals surface area contributed by atoms with Gasteiger partial charge in [0.05, 0.1) is 35.5 Å². The molecular formula is C14H32N2O4. The molecule has 4 unspecified atom stereocenters. The van der Waals surface area contributed by atoms with Crippen LogP contribution in [0.5, 0.6) is 0 Å². The smallest absolute Gasteiger partial charge is 0.0912 e. The molecule has 0 radical (unpaired) electrons. The maximum absolute atomic E-state index is 10.3. The second-order valence-electron chi connectivity index (χ2n) is 5.56. The van der Waals surface area contributed by atoms with Crippen molar-refractivity contribution in [3.8, 4) is 0 Å². The van der Waals surface area contributed by atoms with Crippen LogP contribution < -0.4 is 11.5 Å². The summed E-state index contributed by atoms with van der Waals surface area (Å²) in [6.07, 6.45) is -3.48. The van der Waals surface area contributed by atoms with Gasteiger partial charge in [0.15, 0.2) is 0 Å². The van der Waals surface area contributed by atoms with Gasteiger partial charge < -0.3 is 31.9 Å². The molecular weight excluding hydrogens is 260 g/mol. The number of aliphatic hydroxyl groups is 4. The number of aliphatic hydroxyl groups excluding tert-OH is 4. The molecule has 122 valence electrons. The third kappa shape index (κ3) is 3.00. The summed E-state index contributed by atoms with van der Waals surface area (Å²) in [7, 11) is 0. The third-order valence-corrected chi connectivity index (χ3v) is 4.50. The fourth-order valence-electron chi connectivity index (χ4n) is 2.95. The Hall–Kier alpha value is -0.240. The van der Waals surface area contributed by atoms with Gasteiger partial charge in [-0.2, -0.15) is 0 Å². The molecule has 6 heteroatoms. The van der Waals surface area contributed by atoms with Gasteiger partial charge in [-0.25, -0.2) is 0 Å². The number of nitrogens with two attached hydrogens (primary N) is 2. The van der Waals surface area contributed by atoms with Crippen LogP contribution in [0, 0.1) is 0 Å². The molecule has 0 saturated heterocycles. The second-order valence-corrected chi connectivity index (χ2v) is 5.56. The molecule has 0 heterocycles. The van der Waals surface area contributed by atoms with Crippen molar-refractivity contribution in [1.82, 2.24) is 0 Å². The van der Waals surface area contributed by atoms with Crippen LogP contribution in [0.1, 0.15) is 53.4 Å². The van der Waals surface area contributed by atoms with Crippen LogP contribution in [0.25, 0.3) is 0 Å². The SMILES string of the molecule is CCC(O)C(N)(C(O)CC)C(N)(C(O)CC)C(O)CC. The summed E-state index contributed by atoms with van der Waals surface area (Å²) in [5.74, 6) is 0. The molecule has 0 aliphatic heterocycles. The van der Waals surface area contributed by atoms with Gasteiger partial charge >= 0.3 is 0 Å². The Bertz CT molecular complexity index is 240. The van der Waals surface area contributed by atoms with Gasteiger partial charge in [0.25, 0.3) is 0 Å². The highest BCUT2D eigenvalue weighted by atomic mass is 16.3. The van der Waals surface area contributed by atoms with E-state index in [1.807, 2.05) is 0 Å². The summed E-state index contributed by atoms with van der Waals surface area (Å²) in [6, 6.07) is 0. The maximum atomic E-state index is 10.3. The number of hydrogen-bond donors (Lipinski definition) is 6. The van der Waals surface area contributed by atoms with Crippen molar-refractivity contribution in [1.29, 1.82) is 0 Å². The highest BCUT2D eigenvalue weighted by Crippen LogP contribution is 2.36. The topological polar surface area (TPSA) is 133 Å². The first-order valence-corrected chi connectivity index (χ1v) is 7.48. The first kappa shape index (κ1) is 19.8. The summed E-state index contributed by atoms with van der Waals surface area (Å²) in [5, 5.41) is 41.3. The van der Waals surface area contributed by atoms with E-state index in [1.165, 1.54) is 0 Å². The molecule has 0 aliphatic carbocycles. The molecule has 0 saturated carbocycles. The van der Waals surface area contributed by atoms with Gasteiger partial charge in [-0.3, -0.25) is 0 Å². The van der Waals surface area contributed by atoms with E-state index < -0.39 is 35.5 Å². The van der Waals surface area contributed by atoms with E-state index in [4.69, 9.17) is 11.5 Å². The zero-order valence-corrected chi connectivity index (χ0v) is 13.1. The molecule has 0 aliphatic rings. The van der Waals surface area contributed by atoms with E-state index >= 15 is 0 Å². The Morgan fingerprint density at radius 3 is 0.850 bits per heavy atom. The second kappa shape index (κ2) is 7.68. The molecule has 0 amide bonds. The Labute approximate surface area is 121 Å². The van der Waals surface area contributed by atoms with E-state index in [0.717, 1.165) is 0 Å². The van der Waals surface area contributed by atoms with Gasteiger partial charge in [-0.05, 0) is 25.7 Å². The van der Waals surface area contributed by atoms with Crippen molar-refractivity contribution in [2.45, 2.75) is 88.9 Å². The summed E-state index contributed by atoms with van der Waals surface area (Å²) >= 11 is 0. The van der Waals surface area contributed by atoms with Gasteiger partial charge in [0.2, 0.25) is 0 Å². The molecule has 0 aromatic rings. The molecule has 0 spiro atoms. The van der Waals surface area contributed by atoms with Gasteiger partial charge in [-0.1, -0.05) is 27.7 Å². The van der Waals surface area contributed by atoms with Crippen LogP contribution in [0.2, 0.25) is 0 Å². The summed E-state index contributed by atoms with van der Waals surface area (Å²) in [5.41, 5.74) is 9.20. The van der Waals surface area contributed by atoms with E-state index in [1.54, 1.807) is 27.7 Å². The lowest BCUT2D eigenvalue weighted by molar-refractivity contribution is -0.134. The van der Waals surface area contributed by atoms with Crippen molar-refractivity contribution >= 4 is 0 Å². The summed E-state index contributed by atoms with van der Waals surface area (Å²) < 4.78 is 0. The van der Waals surface area contributed by atoms with E-state index in [-0.39, 0.29) is 25.7 Å². The van der Waals surface area contributed by atoms with Crippen molar-refractivity contribution in [2.75, 3.05) is 0 Å². The van der Waals surface area contributed by atoms with Crippen LogP contribution >= 0.6 is 0 Å². The molecule has 20 heavy (non-hydrogen) atoms. The van der Waals surface area contributed by atoms with Crippen molar-refractivity contribution in [3.05, 3.63) is 0 Å². The Morgan fingerprint density at radius 1 is 0.600 bits per heavy atom. The van der Waals surface area contributed by atoms with Crippen LogP contribution in [-0.2, 0) is 0 Å². The molecule has 4 atom stereocenters. The van der Waals surface area contributed by atoms with Crippen molar-refractivity contribution < 1.29 is 20.4 Å². The average molecular weight is 292 g/mol. The van der Waals surface area contributed by atoms with Crippen molar-refractivity contribution in [3.63, 3.8) is 0 Å². The Balaban J connectivity index is 6.01. The first-order valence-electron chi connectivity index (χ1n) is 7.48. The largest absolute Gasteiger partial charge is 0.391 e. The summed E-state index contributed by atoms with van der Waals surface area (Å²) in [6.45, 7) is 6.86. The Morgan fingerprint density at radius 2 is 0.750 bits per heavy atom. The normalized spacial score (nSPS) is 24.3. The highest BCUT2D eigenvalue weighted by molar-refractivity contribution is 5.20. The molecule has 0 aromatic heterocycles. The third-order valence-electron chi connectivity index (χ3n) is 4.50. The summed E-state index contributed by atoms with van der Waals surface area (Å²) in [4.78, 5) is 0. The van der Waals surface area contributed by atoms with E-state index in [0.29, 0.717) is 0 Å². The minimum Gasteiger partial charge on any atom is -0.391 e. The quantitative estimate of drug-likeness (QED) is 0.338. The lowest BCUT2D eigenvalue weighted by atomic mass is 9.62. The molecule has 0 rings (SSSR count). The molecule has 6 nitrogen and oxygen atoms in total. The predicted octanol–water partition coefficient (Wildman–Crippen LogP) is -0.535. The number of hydrogen-bond acceptors (Lipinski definition) is 6. The molecule has 8 N–H and O–H groups in total. The first-order chi connectivity index (χ1) is 9.18. The van der Waals surface area contributed by atoms with Crippen LogP contribution in [0.3, 0.4) is 0 Å². The maximum Gasteiger partial charge on any atom is 0.0912 e. The van der Waals surface area contributed by atoms with Gasteiger partial charge in [-0.15, -0.1) is 0 Å². The monoisotopic (exact) mass is 292 g/mol. The highest BCUT2D eigenvalue weighted by Gasteiger charge is 2.60. The average Bonchev–Trinajstić information content (AvgIpc) is 2.49. The minimum atomic E-state index is -1.69. The predicted molar refractivity (Wildman–Crippen MR) is 79.0 cm³/mol.